The SMILES string of the molecule is Nc1cnc(N2CCC3(CC2)OCCO3)cc1-c1ccnc(C(F)(F)F)c1. The van der Waals surface area contributed by atoms with Crippen LogP contribution in [0.15, 0.2) is 30.6 Å². The van der Waals surface area contributed by atoms with E-state index in [-0.39, 0.29) is 0 Å². The van der Waals surface area contributed by atoms with E-state index < -0.39 is 17.7 Å². The number of pyridine rings is 2. The Kier molecular flexibility index (Phi) is 4.43. The standard InChI is InChI=1S/C18H19F3N4O2/c19-18(20,21)15-9-12(1-4-23-15)13-10-16(24-11-14(13)22)25-5-2-17(3-6-25)26-7-8-27-17/h1,4,9-11H,2-3,5-8,22H2. The number of piperidine rings is 1. The summed E-state index contributed by atoms with van der Waals surface area (Å²) in [5.74, 6) is 0.164. The predicted molar refractivity (Wildman–Crippen MR) is 93.0 cm³/mol. The molecule has 0 saturated carbocycles. The van der Waals surface area contributed by atoms with E-state index in [9.17, 15) is 13.2 Å². The van der Waals surface area contributed by atoms with Crippen LogP contribution in [0.2, 0.25) is 0 Å². The highest BCUT2D eigenvalue weighted by atomic mass is 19.4. The van der Waals surface area contributed by atoms with Crippen LogP contribution in [0.5, 0.6) is 0 Å². The maximum absolute atomic E-state index is 13.0. The molecular formula is C18H19F3N4O2. The molecule has 1 spiro atoms. The summed E-state index contributed by atoms with van der Waals surface area (Å²) >= 11 is 0. The summed E-state index contributed by atoms with van der Waals surface area (Å²) in [6.07, 6.45) is -0.477. The van der Waals surface area contributed by atoms with Crippen molar-refractivity contribution in [3.05, 3.63) is 36.3 Å². The lowest BCUT2D eigenvalue weighted by molar-refractivity contribution is -0.169. The molecule has 4 rings (SSSR count). The quantitative estimate of drug-likeness (QED) is 0.863. The van der Waals surface area contributed by atoms with Gasteiger partial charge in [0.25, 0.3) is 0 Å². The van der Waals surface area contributed by atoms with E-state index in [4.69, 9.17) is 15.2 Å². The minimum Gasteiger partial charge on any atom is -0.397 e. The smallest absolute Gasteiger partial charge is 0.397 e. The average Bonchev–Trinajstić information content (AvgIpc) is 3.10. The lowest BCUT2D eigenvalue weighted by Crippen LogP contribution is -2.45. The molecule has 4 heterocycles. The zero-order valence-corrected chi connectivity index (χ0v) is 14.5. The van der Waals surface area contributed by atoms with Crippen molar-refractivity contribution < 1.29 is 22.6 Å². The van der Waals surface area contributed by atoms with Gasteiger partial charge in [-0.15, -0.1) is 0 Å². The highest BCUT2D eigenvalue weighted by Gasteiger charge is 2.40. The van der Waals surface area contributed by atoms with Crippen molar-refractivity contribution in [1.82, 2.24) is 9.97 Å². The van der Waals surface area contributed by atoms with Crippen molar-refractivity contribution in [2.45, 2.75) is 24.8 Å². The second-order valence-corrected chi connectivity index (χ2v) is 6.65. The van der Waals surface area contributed by atoms with Gasteiger partial charge in [0.1, 0.15) is 11.5 Å². The summed E-state index contributed by atoms with van der Waals surface area (Å²) in [7, 11) is 0. The van der Waals surface area contributed by atoms with Crippen LogP contribution in [0.4, 0.5) is 24.7 Å². The highest BCUT2D eigenvalue weighted by molar-refractivity contribution is 5.78. The van der Waals surface area contributed by atoms with Gasteiger partial charge in [0.05, 0.1) is 25.1 Å². The summed E-state index contributed by atoms with van der Waals surface area (Å²) in [4.78, 5) is 9.82. The summed E-state index contributed by atoms with van der Waals surface area (Å²) in [6, 6.07) is 4.23. The molecule has 27 heavy (non-hydrogen) atoms. The zero-order valence-electron chi connectivity index (χ0n) is 14.5. The number of nitrogens with two attached hydrogens (primary N) is 1. The molecule has 0 bridgehead atoms. The fourth-order valence-corrected chi connectivity index (χ4v) is 3.49. The van der Waals surface area contributed by atoms with Gasteiger partial charge in [0.15, 0.2) is 5.79 Å². The molecule has 2 aliphatic heterocycles. The average molecular weight is 380 g/mol. The number of hydrogen-bond donors (Lipinski definition) is 1. The monoisotopic (exact) mass is 380 g/mol. The minimum absolute atomic E-state index is 0.314. The molecule has 0 atom stereocenters. The van der Waals surface area contributed by atoms with E-state index in [1.54, 1.807) is 6.07 Å². The first-order valence-corrected chi connectivity index (χ1v) is 8.68. The van der Waals surface area contributed by atoms with Crippen LogP contribution < -0.4 is 10.6 Å². The number of rotatable bonds is 2. The molecule has 0 aromatic carbocycles. The fraction of sp³-hybridized carbons (Fsp3) is 0.444. The number of anilines is 2. The number of nitrogen functional groups attached to an aromatic ring is 1. The number of alkyl halides is 3. The molecule has 2 N–H and O–H groups in total. The van der Waals surface area contributed by atoms with Crippen molar-refractivity contribution in [2.75, 3.05) is 36.9 Å². The Bertz CT molecular complexity index is 828. The third-order valence-electron chi connectivity index (χ3n) is 4.94. The summed E-state index contributed by atoms with van der Waals surface area (Å²) in [5.41, 5.74) is 6.20. The Morgan fingerprint density at radius 2 is 1.78 bits per heavy atom. The van der Waals surface area contributed by atoms with E-state index in [1.807, 2.05) is 0 Å². The van der Waals surface area contributed by atoms with Crippen LogP contribution in [0.25, 0.3) is 11.1 Å². The molecule has 144 valence electrons. The van der Waals surface area contributed by atoms with Gasteiger partial charge in [-0.25, -0.2) is 4.98 Å². The summed E-state index contributed by atoms with van der Waals surface area (Å²) in [6.45, 7) is 2.57. The predicted octanol–water partition coefficient (Wildman–Crippen LogP) is 3.09. The third kappa shape index (κ3) is 3.57. The van der Waals surface area contributed by atoms with Crippen LogP contribution in [0, 0.1) is 0 Å². The molecule has 9 heteroatoms. The van der Waals surface area contributed by atoms with Gasteiger partial charge >= 0.3 is 6.18 Å². The number of hydrogen-bond acceptors (Lipinski definition) is 6. The summed E-state index contributed by atoms with van der Waals surface area (Å²) in [5, 5.41) is 0. The normalized spacial score (nSPS) is 19.6. The lowest BCUT2D eigenvalue weighted by Gasteiger charge is -2.38. The van der Waals surface area contributed by atoms with E-state index >= 15 is 0 Å². The van der Waals surface area contributed by atoms with E-state index in [1.165, 1.54) is 12.3 Å². The lowest BCUT2D eigenvalue weighted by atomic mass is 10.0. The maximum Gasteiger partial charge on any atom is 0.433 e. The number of halogens is 3. The molecule has 2 aromatic rings. The third-order valence-corrected chi connectivity index (χ3v) is 4.94. The van der Waals surface area contributed by atoms with Gasteiger partial charge in [-0.3, -0.25) is 4.98 Å². The van der Waals surface area contributed by atoms with Gasteiger partial charge in [-0.2, -0.15) is 13.2 Å². The van der Waals surface area contributed by atoms with E-state index in [0.29, 0.717) is 61.8 Å². The van der Waals surface area contributed by atoms with Gasteiger partial charge in [-0.1, -0.05) is 0 Å². The van der Waals surface area contributed by atoms with Crippen LogP contribution in [-0.2, 0) is 15.7 Å². The summed E-state index contributed by atoms with van der Waals surface area (Å²) < 4.78 is 50.3. The minimum atomic E-state index is -4.51. The number of ether oxygens (including phenoxy) is 2. The first kappa shape index (κ1) is 18.0. The van der Waals surface area contributed by atoms with Crippen LogP contribution in [-0.4, -0.2) is 42.1 Å². The van der Waals surface area contributed by atoms with Crippen molar-refractivity contribution in [2.24, 2.45) is 0 Å². The van der Waals surface area contributed by atoms with Crippen molar-refractivity contribution in [3.63, 3.8) is 0 Å². The largest absolute Gasteiger partial charge is 0.433 e. The topological polar surface area (TPSA) is 73.5 Å². The Balaban J connectivity index is 1.59. The van der Waals surface area contributed by atoms with Crippen molar-refractivity contribution >= 4 is 11.5 Å². The molecule has 0 amide bonds. The molecule has 2 fully saturated rings. The first-order valence-electron chi connectivity index (χ1n) is 8.68. The highest BCUT2D eigenvalue weighted by Crippen LogP contribution is 2.36. The molecule has 2 saturated heterocycles. The van der Waals surface area contributed by atoms with Crippen molar-refractivity contribution in [1.29, 1.82) is 0 Å². The molecule has 0 unspecified atom stereocenters. The molecule has 2 aliphatic rings. The van der Waals surface area contributed by atoms with E-state index in [2.05, 4.69) is 14.9 Å². The van der Waals surface area contributed by atoms with E-state index in [0.717, 1.165) is 12.3 Å². The fourth-order valence-electron chi connectivity index (χ4n) is 3.49. The van der Waals surface area contributed by atoms with Crippen molar-refractivity contribution in [3.8, 4) is 11.1 Å². The van der Waals surface area contributed by atoms with Crippen LogP contribution in [0.1, 0.15) is 18.5 Å². The molecular weight excluding hydrogens is 361 g/mol. The van der Waals surface area contributed by atoms with Crippen LogP contribution >= 0.6 is 0 Å². The van der Waals surface area contributed by atoms with Gasteiger partial charge in [0.2, 0.25) is 0 Å². The molecule has 0 radical (unpaired) electrons. The molecule has 0 aliphatic carbocycles. The Labute approximate surface area is 154 Å². The Hall–Kier alpha value is -2.39. The number of aromatic nitrogens is 2. The van der Waals surface area contributed by atoms with Gasteiger partial charge in [-0.05, 0) is 23.8 Å². The maximum atomic E-state index is 13.0. The number of nitrogens with zero attached hydrogens (tertiary/aromatic N) is 3. The first-order chi connectivity index (χ1) is 12.9. The second kappa shape index (κ2) is 6.65. The second-order valence-electron chi connectivity index (χ2n) is 6.65. The Morgan fingerprint density at radius 3 is 2.44 bits per heavy atom. The van der Waals surface area contributed by atoms with Gasteiger partial charge in [0, 0.05) is 37.7 Å². The van der Waals surface area contributed by atoms with Gasteiger partial charge < -0.3 is 20.1 Å². The molecule has 6 nitrogen and oxygen atoms in total. The molecule has 2 aromatic heterocycles. The Morgan fingerprint density at radius 1 is 1.07 bits per heavy atom. The zero-order chi connectivity index (χ0) is 19.1. The van der Waals surface area contributed by atoms with Crippen LogP contribution in [0.3, 0.4) is 0 Å².